The molecule has 0 aliphatic rings. The first-order chi connectivity index (χ1) is 8.56. The van der Waals surface area contributed by atoms with Crippen LogP contribution in [0.1, 0.15) is 30.1 Å². The highest BCUT2D eigenvalue weighted by molar-refractivity contribution is 5.96. The number of pyridine rings is 1. The van der Waals surface area contributed by atoms with Gasteiger partial charge in [-0.25, -0.2) is 0 Å². The van der Waals surface area contributed by atoms with Crippen LogP contribution >= 0.6 is 0 Å². The van der Waals surface area contributed by atoms with E-state index in [2.05, 4.69) is 10.3 Å². The second kappa shape index (κ2) is 6.58. The third kappa shape index (κ3) is 3.73. The molecule has 18 heavy (non-hydrogen) atoms. The lowest BCUT2D eigenvalue weighted by Gasteiger charge is -2.12. The standard InChI is InChI=1S/C12H16N2O4/c1-2-3-8(12(17)18)6-14-11(16)9-4-5-13-7-10(9)15/h4-5,7-8,15H,2-3,6H2,1H3,(H,14,16)(H,17,18). The van der Waals surface area contributed by atoms with E-state index in [4.69, 9.17) is 5.11 Å². The Morgan fingerprint density at radius 1 is 1.50 bits per heavy atom. The minimum atomic E-state index is -0.934. The average Bonchev–Trinajstić information content (AvgIpc) is 2.34. The molecule has 98 valence electrons. The lowest BCUT2D eigenvalue weighted by Crippen LogP contribution is -2.32. The van der Waals surface area contributed by atoms with E-state index in [0.29, 0.717) is 6.42 Å². The molecule has 6 heteroatoms. The van der Waals surface area contributed by atoms with Gasteiger partial charge in [0, 0.05) is 12.7 Å². The van der Waals surface area contributed by atoms with Crippen LogP contribution in [-0.4, -0.2) is 33.6 Å². The molecule has 0 aliphatic carbocycles. The monoisotopic (exact) mass is 252 g/mol. The summed E-state index contributed by atoms with van der Waals surface area (Å²) in [4.78, 5) is 26.3. The summed E-state index contributed by atoms with van der Waals surface area (Å²) in [6, 6.07) is 1.38. The van der Waals surface area contributed by atoms with Crippen molar-refractivity contribution in [3.8, 4) is 5.75 Å². The summed E-state index contributed by atoms with van der Waals surface area (Å²) in [6.07, 6.45) is 3.77. The topological polar surface area (TPSA) is 99.5 Å². The van der Waals surface area contributed by atoms with Crippen LogP contribution in [-0.2, 0) is 4.79 Å². The largest absolute Gasteiger partial charge is 0.505 e. The maximum absolute atomic E-state index is 11.7. The van der Waals surface area contributed by atoms with Crippen LogP contribution < -0.4 is 5.32 Å². The Balaban J connectivity index is 2.60. The van der Waals surface area contributed by atoms with Crippen molar-refractivity contribution in [3.63, 3.8) is 0 Å². The fraction of sp³-hybridized carbons (Fsp3) is 0.417. The summed E-state index contributed by atoms with van der Waals surface area (Å²) >= 11 is 0. The molecule has 3 N–H and O–H groups in total. The summed E-state index contributed by atoms with van der Waals surface area (Å²) in [5, 5.41) is 20.8. The van der Waals surface area contributed by atoms with Crippen molar-refractivity contribution in [3.05, 3.63) is 24.0 Å². The quantitative estimate of drug-likeness (QED) is 0.701. The summed E-state index contributed by atoms with van der Waals surface area (Å²) < 4.78 is 0. The molecule has 0 aromatic carbocycles. The molecule has 1 atom stereocenters. The van der Waals surface area contributed by atoms with Crippen molar-refractivity contribution in [2.24, 2.45) is 5.92 Å². The van der Waals surface area contributed by atoms with Crippen LogP contribution in [0.15, 0.2) is 18.5 Å². The lowest BCUT2D eigenvalue weighted by molar-refractivity contribution is -0.141. The van der Waals surface area contributed by atoms with Crippen LogP contribution in [0.2, 0.25) is 0 Å². The molecule has 0 saturated carbocycles. The molecule has 1 unspecified atom stereocenters. The molecule has 1 heterocycles. The van der Waals surface area contributed by atoms with Gasteiger partial charge in [-0.15, -0.1) is 0 Å². The first-order valence-electron chi connectivity index (χ1n) is 5.70. The predicted molar refractivity (Wildman–Crippen MR) is 64.3 cm³/mol. The molecular formula is C12H16N2O4. The molecule has 0 spiro atoms. The van der Waals surface area contributed by atoms with E-state index in [1.165, 1.54) is 12.3 Å². The lowest BCUT2D eigenvalue weighted by atomic mass is 10.0. The zero-order chi connectivity index (χ0) is 13.5. The van der Waals surface area contributed by atoms with Gasteiger partial charge in [0.15, 0.2) is 0 Å². The van der Waals surface area contributed by atoms with Crippen LogP contribution in [0.5, 0.6) is 5.75 Å². The van der Waals surface area contributed by atoms with E-state index < -0.39 is 17.8 Å². The molecule has 1 aromatic rings. The molecular weight excluding hydrogens is 236 g/mol. The number of aromatic hydroxyl groups is 1. The molecule has 0 aliphatic heterocycles. The highest BCUT2D eigenvalue weighted by Crippen LogP contribution is 2.13. The van der Waals surface area contributed by atoms with Crippen molar-refractivity contribution in [1.29, 1.82) is 0 Å². The van der Waals surface area contributed by atoms with E-state index in [0.717, 1.165) is 12.6 Å². The van der Waals surface area contributed by atoms with Gasteiger partial charge in [-0.1, -0.05) is 13.3 Å². The number of carboxylic acids is 1. The molecule has 6 nitrogen and oxygen atoms in total. The zero-order valence-electron chi connectivity index (χ0n) is 10.1. The molecule has 0 bridgehead atoms. The van der Waals surface area contributed by atoms with Crippen LogP contribution in [0.4, 0.5) is 0 Å². The van der Waals surface area contributed by atoms with E-state index in [1.54, 1.807) is 0 Å². The number of hydrogen-bond acceptors (Lipinski definition) is 4. The smallest absolute Gasteiger partial charge is 0.308 e. The number of rotatable bonds is 6. The van der Waals surface area contributed by atoms with Gasteiger partial charge in [-0.3, -0.25) is 14.6 Å². The van der Waals surface area contributed by atoms with Crippen molar-refractivity contribution in [2.75, 3.05) is 6.54 Å². The SMILES string of the molecule is CCCC(CNC(=O)c1ccncc1O)C(=O)O. The Morgan fingerprint density at radius 2 is 2.22 bits per heavy atom. The van der Waals surface area contributed by atoms with E-state index >= 15 is 0 Å². The van der Waals surface area contributed by atoms with Crippen molar-refractivity contribution >= 4 is 11.9 Å². The van der Waals surface area contributed by atoms with Crippen LogP contribution in [0.25, 0.3) is 0 Å². The normalized spacial score (nSPS) is 11.8. The maximum Gasteiger partial charge on any atom is 0.308 e. The molecule has 1 amide bonds. The fourth-order valence-electron chi connectivity index (χ4n) is 1.55. The van der Waals surface area contributed by atoms with Gasteiger partial charge in [0.2, 0.25) is 0 Å². The van der Waals surface area contributed by atoms with Gasteiger partial charge in [0.25, 0.3) is 5.91 Å². The Labute approximate surface area is 105 Å². The van der Waals surface area contributed by atoms with E-state index in [9.17, 15) is 14.7 Å². The average molecular weight is 252 g/mol. The van der Waals surface area contributed by atoms with Crippen LogP contribution in [0.3, 0.4) is 0 Å². The molecule has 0 radical (unpaired) electrons. The second-order valence-corrected chi connectivity index (χ2v) is 3.93. The number of aromatic nitrogens is 1. The third-order valence-electron chi connectivity index (χ3n) is 2.54. The van der Waals surface area contributed by atoms with Crippen molar-refractivity contribution in [2.45, 2.75) is 19.8 Å². The van der Waals surface area contributed by atoms with Gasteiger partial charge in [-0.2, -0.15) is 0 Å². The van der Waals surface area contributed by atoms with Gasteiger partial charge >= 0.3 is 5.97 Å². The van der Waals surface area contributed by atoms with E-state index in [-0.39, 0.29) is 17.9 Å². The highest BCUT2D eigenvalue weighted by Gasteiger charge is 2.18. The first kappa shape index (κ1) is 14.0. The number of aliphatic carboxylic acids is 1. The number of nitrogens with zero attached hydrogens (tertiary/aromatic N) is 1. The van der Waals surface area contributed by atoms with Crippen LogP contribution in [0, 0.1) is 5.92 Å². The highest BCUT2D eigenvalue weighted by atomic mass is 16.4. The molecule has 0 saturated heterocycles. The minimum Gasteiger partial charge on any atom is -0.505 e. The fourth-order valence-corrected chi connectivity index (χ4v) is 1.55. The third-order valence-corrected chi connectivity index (χ3v) is 2.54. The Hall–Kier alpha value is -2.11. The van der Waals surface area contributed by atoms with Crippen molar-refractivity contribution in [1.82, 2.24) is 10.3 Å². The van der Waals surface area contributed by atoms with E-state index in [1.807, 2.05) is 6.92 Å². The summed E-state index contributed by atoms with van der Waals surface area (Å²) in [7, 11) is 0. The number of carbonyl (C=O) groups is 2. The second-order valence-electron chi connectivity index (χ2n) is 3.93. The summed E-state index contributed by atoms with van der Waals surface area (Å²) in [6.45, 7) is 1.93. The Morgan fingerprint density at radius 3 is 2.78 bits per heavy atom. The molecule has 1 aromatic heterocycles. The number of nitrogens with one attached hydrogen (secondary N) is 1. The van der Waals surface area contributed by atoms with Crippen molar-refractivity contribution < 1.29 is 19.8 Å². The van der Waals surface area contributed by atoms with Gasteiger partial charge in [-0.05, 0) is 12.5 Å². The zero-order valence-corrected chi connectivity index (χ0v) is 10.1. The predicted octanol–water partition coefficient (Wildman–Crippen LogP) is 1.02. The molecule has 1 rings (SSSR count). The first-order valence-corrected chi connectivity index (χ1v) is 5.70. The molecule has 0 fully saturated rings. The maximum atomic E-state index is 11.7. The van der Waals surface area contributed by atoms with Gasteiger partial charge in [0.05, 0.1) is 17.7 Å². The summed E-state index contributed by atoms with van der Waals surface area (Å²) in [5.74, 6) is -2.27. The number of amides is 1. The number of hydrogen-bond donors (Lipinski definition) is 3. The Kier molecular flexibility index (Phi) is 5.10. The van der Waals surface area contributed by atoms with Gasteiger partial charge < -0.3 is 15.5 Å². The van der Waals surface area contributed by atoms with Gasteiger partial charge in [0.1, 0.15) is 5.75 Å². The Bertz CT molecular complexity index is 434. The minimum absolute atomic E-state index is 0.0454. The number of carboxylic acid groups (broad SMARTS) is 1. The summed E-state index contributed by atoms with van der Waals surface area (Å²) in [5.41, 5.74) is 0.0886. The number of carbonyl (C=O) groups excluding carboxylic acids is 1.